The van der Waals surface area contributed by atoms with E-state index in [1.807, 2.05) is 32.0 Å². The van der Waals surface area contributed by atoms with E-state index in [0.717, 1.165) is 16.9 Å². The number of urea groups is 1. The lowest BCUT2D eigenvalue weighted by Gasteiger charge is -2.49. The van der Waals surface area contributed by atoms with E-state index in [1.54, 1.807) is 11.8 Å². The maximum Gasteiger partial charge on any atom is 0.420 e. The minimum Gasteiger partial charge on any atom is -0.365 e. The SMILES string of the molecule is Cc1cc(N2CCC(=O)NC2=O)ccc1N1C[C@H](NC(N)OC(C)C2=C=C(C(F)(F)F)C2)[C@H]1C. The van der Waals surface area contributed by atoms with E-state index >= 15 is 0 Å². The maximum atomic E-state index is 12.6. The number of ether oxygens (including phenoxy) is 1. The molecule has 11 heteroatoms. The second-order valence-corrected chi connectivity index (χ2v) is 8.89. The van der Waals surface area contributed by atoms with E-state index in [-0.39, 0.29) is 30.8 Å². The van der Waals surface area contributed by atoms with Crippen LogP contribution in [0, 0.1) is 6.92 Å². The molecule has 8 nitrogen and oxygen atoms in total. The van der Waals surface area contributed by atoms with Crippen molar-refractivity contribution < 1.29 is 27.5 Å². The Balaban J connectivity index is 1.31. The van der Waals surface area contributed by atoms with Crippen LogP contribution in [0.25, 0.3) is 0 Å². The van der Waals surface area contributed by atoms with E-state index in [2.05, 4.69) is 21.3 Å². The molecule has 0 saturated carbocycles. The number of nitrogens with one attached hydrogen (secondary N) is 2. The fraction of sp³-hybridized carbons (Fsp3) is 0.522. The molecule has 4 atom stereocenters. The summed E-state index contributed by atoms with van der Waals surface area (Å²) in [7, 11) is 0. The van der Waals surface area contributed by atoms with Crippen molar-refractivity contribution in [3.05, 3.63) is 40.6 Å². The minimum absolute atomic E-state index is 0.0387. The van der Waals surface area contributed by atoms with Crippen molar-refractivity contribution in [2.24, 2.45) is 5.73 Å². The number of benzene rings is 1. The molecule has 1 aromatic rings. The van der Waals surface area contributed by atoms with Crippen molar-refractivity contribution in [2.45, 2.75) is 64.3 Å². The smallest absolute Gasteiger partial charge is 0.365 e. The number of anilines is 2. The van der Waals surface area contributed by atoms with Crippen LogP contribution in [0.3, 0.4) is 0 Å². The number of carbonyl (C=O) groups excluding carboxylic acids is 2. The monoisotopic (exact) mass is 479 g/mol. The van der Waals surface area contributed by atoms with Gasteiger partial charge in [-0.2, -0.15) is 13.2 Å². The summed E-state index contributed by atoms with van der Waals surface area (Å²) in [4.78, 5) is 27.2. The Kier molecular flexibility index (Phi) is 6.48. The van der Waals surface area contributed by atoms with Crippen LogP contribution in [0.5, 0.6) is 0 Å². The van der Waals surface area contributed by atoms with Crippen LogP contribution in [0.2, 0.25) is 0 Å². The number of rotatable bonds is 7. The number of amides is 3. The Labute approximate surface area is 195 Å². The normalized spacial score (nSPS) is 24.6. The molecule has 2 unspecified atom stereocenters. The lowest BCUT2D eigenvalue weighted by atomic mass is 9.93. The van der Waals surface area contributed by atoms with Gasteiger partial charge in [-0.25, -0.2) is 4.79 Å². The fourth-order valence-corrected chi connectivity index (χ4v) is 4.39. The number of aryl methyl sites for hydroxylation is 1. The molecule has 184 valence electrons. The van der Waals surface area contributed by atoms with Crippen molar-refractivity contribution in [3.63, 3.8) is 0 Å². The zero-order chi connectivity index (χ0) is 24.8. The van der Waals surface area contributed by atoms with Gasteiger partial charge in [-0.15, -0.1) is 5.73 Å². The number of hydrogen-bond donors (Lipinski definition) is 3. The molecule has 0 radical (unpaired) electrons. The van der Waals surface area contributed by atoms with E-state index in [9.17, 15) is 22.8 Å². The van der Waals surface area contributed by atoms with Crippen molar-refractivity contribution in [3.8, 4) is 0 Å². The summed E-state index contributed by atoms with van der Waals surface area (Å²) >= 11 is 0. The summed E-state index contributed by atoms with van der Waals surface area (Å²) in [5.41, 5.74) is 10.9. The standard InChI is InChI=1S/C23H28F3N5O3/c1-12-8-17(30-7-6-20(32)29-22(30)33)4-5-19(12)31-11-18(13(31)2)28-21(27)34-14(3)15-9-16(10-15)23(24,25)26/h4-5,8,13-14,18,21,28H,6-7,9,11,27H2,1-3H3,(H,29,32,33)/t13-,14?,18+,21?/m1/s1. The van der Waals surface area contributed by atoms with Crippen molar-refractivity contribution in [1.29, 1.82) is 0 Å². The molecule has 4 N–H and O–H groups in total. The maximum absolute atomic E-state index is 12.6. The zero-order valence-corrected chi connectivity index (χ0v) is 19.2. The highest BCUT2D eigenvalue weighted by atomic mass is 19.4. The van der Waals surface area contributed by atoms with Crippen molar-refractivity contribution in [2.75, 3.05) is 22.9 Å². The number of carbonyl (C=O) groups is 2. The summed E-state index contributed by atoms with van der Waals surface area (Å²) in [6.45, 7) is 6.69. The molecule has 0 bridgehead atoms. The number of alkyl halides is 3. The van der Waals surface area contributed by atoms with Gasteiger partial charge < -0.3 is 9.64 Å². The predicted molar refractivity (Wildman–Crippen MR) is 120 cm³/mol. The second-order valence-electron chi connectivity index (χ2n) is 8.89. The minimum atomic E-state index is -4.34. The molecular formula is C23H28F3N5O3. The molecule has 2 saturated heterocycles. The van der Waals surface area contributed by atoms with Crippen LogP contribution in [0.1, 0.15) is 32.3 Å². The fourth-order valence-electron chi connectivity index (χ4n) is 4.39. The van der Waals surface area contributed by atoms with Gasteiger partial charge in [0.15, 0.2) is 6.35 Å². The summed E-state index contributed by atoms with van der Waals surface area (Å²) < 4.78 is 43.4. The molecule has 4 rings (SSSR count). The first-order valence-electron chi connectivity index (χ1n) is 11.2. The summed E-state index contributed by atoms with van der Waals surface area (Å²) in [6.07, 6.45) is -5.64. The highest BCUT2D eigenvalue weighted by molar-refractivity contribution is 6.05. The van der Waals surface area contributed by atoms with Crippen LogP contribution in [-0.2, 0) is 9.53 Å². The topological polar surface area (TPSA) is 99.9 Å². The van der Waals surface area contributed by atoms with Gasteiger partial charge in [0.05, 0.1) is 11.7 Å². The summed E-state index contributed by atoms with van der Waals surface area (Å²) in [6, 6.07) is 5.45. The van der Waals surface area contributed by atoms with Gasteiger partial charge in [-0.05, 0) is 44.5 Å². The van der Waals surface area contributed by atoms with E-state index in [4.69, 9.17) is 10.5 Å². The van der Waals surface area contributed by atoms with Crippen LogP contribution in [-0.4, -0.2) is 55.7 Å². The highest BCUT2D eigenvalue weighted by Crippen LogP contribution is 2.37. The number of nitrogens with two attached hydrogens (primary N) is 1. The largest absolute Gasteiger partial charge is 0.420 e. The van der Waals surface area contributed by atoms with E-state index in [1.165, 1.54) is 0 Å². The number of hydrogen-bond acceptors (Lipinski definition) is 6. The van der Waals surface area contributed by atoms with Gasteiger partial charge in [0.2, 0.25) is 5.91 Å². The molecule has 3 amide bonds. The Bertz CT molecular complexity index is 1070. The number of nitrogens with zero attached hydrogens (tertiary/aromatic N) is 2. The number of halogens is 3. The first-order valence-corrected chi connectivity index (χ1v) is 11.2. The van der Waals surface area contributed by atoms with Crippen LogP contribution in [0.15, 0.2) is 35.1 Å². The Morgan fingerprint density at radius 3 is 2.62 bits per heavy atom. The highest BCUT2D eigenvalue weighted by Gasteiger charge is 2.40. The second kappa shape index (κ2) is 9.07. The van der Waals surface area contributed by atoms with E-state index < -0.39 is 30.2 Å². The van der Waals surface area contributed by atoms with Gasteiger partial charge in [0, 0.05) is 55.0 Å². The lowest BCUT2D eigenvalue weighted by molar-refractivity contribution is -0.120. The average molecular weight is 480 g/mol. The van der Waals surface area contributed by atoms with Crippen molar-refractivity contribution in [1.82, 2.24) is 10.6 Å². The molecule has 3 aliphatic rings. The van der Waals surface area contributed by atoms with E-state index in [0.29, 0.717) is 18.7 Å². The molecule has 2 heterocycles. The first kappa shape index (κ1) is 24.3. The molecule has 1 aliphatic carbocycles. The Morgan fingerprint density at radius 1 is 1.32 bits per heavy atom. The average Bonchev–Trinajstić information content (AvgIpc) is 2.69. The molecule has 2 fully saturated rings. The van der Waals surface area contributed by atoms with Gasteiger partial charge in [0.1, 0.15) is 0 Å². The van der Waals surface area contributed by atoms with Gasteiger partial charge in [0.25, 0.3) is 0 Å². The first-order chi connectivity index (χ1) is 15.9. The molecule has 0 aromatic heterocycles. The Hall–Kier alpha value is -2.85. The molecular weight excluding hydrogens is 451 g/mol. The quantitative estimate of drug-likeness (QED) is 0.411. The third kappa shape index (κ3) is 4.83. The van der Waals surface area contributed by atoms with Crippen LogP contribution in [0.4, 0.5) is 29.3 Å². The summed E-state index contributed by atoms with van der Waals surface area (Å²) in [5.74, 6) is -0.272. The number of imide groups is 1. The van der Waals surface area contributed by atoms with Gasteiger partial charge in [-0.3, -0.25) is 26.1 Å². The van der Waals surface area contributed by atoms with Gasteiger partial charge in [-0.1, -0.05) is 0 Å². The Morgan fingerprint density at radius 2 is 2.03 bits per heavy atom. The van der Waals surface area contributed by atoms with Crippen molar-refractivity contribution >= 4 is 23.3 Å². The third-order valence-electron chi connectivity index (χ3n) is 6.56. The molecule has 2 aliphatic heterocycles. The van der Waals surface area contributed by atoms with Crippen LogP contribution >= 0.6 is 0 Å². The molecule has 0 spiro atoms. The summed E-state index contributed by atoms with van der Waals surface area (Å²) in [5, 5.41) is 5.51. The molecule has 34 heavy (non-hydrogen) atoms. The zero-order valence-electron chi connectivity index (χ0n) is 19.2. The third-order valence-corrected chi connectivity index (χ3v) is 6.56. The molecule has 1 aromatic carbocycles. The van der Waals surface area contributed by atoms with Crippen LogP contribution < -0.4 is 26.2 Å². The van der Waals surface area contributed by atoms with Gasteiger partial charge >= 0.3 is 12.2 Å². The predicted octanol–water partition coefficient (Wildman–Crippen LogP) is 2.67. The lowest BCUT2D eigenvalue weighted by Crippen LogP contribution is -2.68.